The number of fused-ring (bicyclic) bond motifs is 2. The molecule has 54 heavy (non-hydrogen) atoms. The molecule has 8 nitrogen and oxygen atoms in total. The second-order valence-electron chi connectivity index (χ2n) is 14.7. The Bertz CT molecular complexity index is 2100. The van der Waals surface area contributed by atoms with Crippen molar-refractivity contribution in [1.82, 2.24) is 10.6 Å². The summed E-state index contributed by atoms with van der Waals surface area (Å²) in [5.74, 6) is -0.252. The van der Waals surface area contributed by atoms with E-state index in [2.05, 4.69) is 41.0 Å². The summed E-state index contributed by atoms with van der Waals surface area (Å²) in [6, 6.07) is 32.0. The van der Waals surface area contributed by atoms with Gasteiger partial charge in [-0.2, -0.15) is 0 Å². The van der Waals surface area contributed by atoms with Crippen molar-refractivity contribution in [3.05, 3.63) is 136 Å². The lowest BCUT2D eigenvalue weighted by Crippen LogP contribution is -2.45. The number of nitrogens with zero attached hydrogens (tertiary/aromatic N) is 1. The van der Waals surface area contributed by atoms with Gasteiger partial charge < -0.3 is 29.7 Å². The number of halogens is 2. The highest BCUT2D eigenvalue weighted by Gasteiger charge is 2.40. The molecular formula is C44H47ClFN3O5. The average molecular weight is 752 g/mol. The van der Waals surface area contributed by atoms with Gasteiger partial charge >= 0.3 is 0 Å². The van der Waals surface area contributed by atoms with Crippen LogP contribution in [0.15, 0.2) is 103 Å². The van der Waals surface area contributed by atoms with E-state index in [0.717, 1.165) is 19.5 Å². The lowest BCUT2D eigenvalue weighted by Gasteiger charge is -2.31. The molecule has 2 atom stereocenters. The monoisotopic (exact) mass is 751 g/mol. The summed E-state index contributed by atoms with van der Waals surface area (Å²) in [5.41, 5.74) is 3.17. The van der Waals surface area contributed by atoms with Crippen molar-refractivity contribution in [2.75, 3.05) is 31.7 Å². The van der Waals surface area contributed by atoms with E-state index in [0.29, 0.717) is 52.1 Å². The molecule has 0 bridgehead atoms. The van der Waals surface area contributed by atoms with Crippen molar-refractivity contribution in [1.29, 1.82) is 0 Å². The van der Waals surface area contributed by atoms with E-state index >= 15 is 0 Å². The maximum Gasteiger partial charge on any atom is 0.256 e. The number of carbonyl (C=O) groups excluding carboxylic acids is 2. The van der Waals surface area contributed by atoms with E-state index in [-0.39, 0.29) is 24.3 Å². The average Bonchev–Trinajstić information content (AvgIpc) is 3.25. The van der Waals surface area contributed by atoms with Crippen molar-refractivity contribution >= 4 is 39.9 Å². The molecule has 0 unspecified atom stereocenters. The van der Waals surface area contributed by atoms with E-state index in [4.69, 9.17) is 25.8 Å². The molecule has 0 spiro atoms. The molecule has 6 rings (SSSR count). The fourth-order valence-corrected chi connectivity index (χ4v) is 6.87. The zero-order chi connectivity index (χ0) is 38.2. The van der Waals surface area contributed by atoms with Gasteiger partial charge in [0.25, 0.3) is 5.91 Å². The molecule has 0 aromatic heterocycles. The molecule has 0 aliphatic carbocycles. The SMILES string of the molecule is COc1c(OCCCNCc2ccc3ccccc3c2)cccc1[C@@H]1O[C@@H](CC(=O)NCc2ccccc2F)C(=O)N(CC(C)(C)C)c2ccc(Cl)cc21. The summed E-state index contributed by atoms with van der Waals surface area (Å²) in [6.07, 6.45) is -1.55. The van der Waals surface area contributed by atoms with Gasteiger partial charge in [0, 0.05) is 47.0 Å². The Kier molecular flexibility index (Phi) is 12.5. The Morgan fingerprint density at radius 2 is 1.69 bits per heavy atom. The molecule has 1 heterocycles. The van der Waals surface area contributed by atoms with Crippen molar-refractivity contribution in [2.45, 2.75) is 58.9 Å². The number of ether oxygens (including phenoxy) is 3. The van der Waals surface area contributed by atoms with Gasteiger partial charge in [-0.15, -0.1) is 0 Å². The van der Waals surface area contributed by atoms with Crippen molar-refractivity contribution in [3.8, 4) is 11.5 Å². The predicted octanol–water partition coefficient (Wildman–Crippen LogP) is 8.77. The highest BCUT2D eigenvalue weighted by atomic mass is 35.5. The Morgan fingerprint density at radius 3 is 2.46 bits per heavy atom. The molecule has 282 valence electrons. The standard InChI is InChI=1S/C44H47ClFN3O5/c1-44(2,3)28-49-37-20-19-33(45)24-35(37)41(54-39(43(49)51)25-40(50)48-27-32-13-7-8-15-36(32)46)34-14-9-16-38(42(34)52-4)53-22-10-21-47-26-29-17-18-30-11-5-6-12-31(30)23-29/h5-9,11-20,23-24,39,41,47H,10,21-22,25-28H2,1-4H3,(H,48,50)/t39-,41-/m0/s1. The van der Waals surface area contributed by atoms with Gasteiger partial charge in [0.2, 0.25) is 5.91 Å². The van der Waals surface area contributed by atoms with Crippen LogP contribution in [0.4, 0.5) is 10.1 Å². The first-order valence-corrected chi connectivity index (χ1v) is 18.6. The molecular weight excluding hydrogens is 705 g/mol. The highest BCUT2D eigenvalue weighted by molar-refractivity contribution is 6.30. The van der Waals surface area contributed by atoms with Crippen LogP contribution in [0.2, 0.25) is 5.02 Å². The summed E-state index contributed by atoms with van der Waals surface area (Å²) in [4.78, 5) is 29.4. The smallest absolute Gasteiger partial charge is 0.256 e. The maximum atomic E-state index is 14.4. The summed E-state index contributed by atoms with van der Waals surface area (Å²) >= 11 is 6.60. The summed E-state index contributed by atoms with van der Waals surface area (Å²) < 4.78 is 33.2. The van der Waals surface area contributed by atoms with Crippen LogP contribution in [0.3, 0.4) is 0 Å². The van der Waals surface area contributed by atoms with E-state index in [9.17, 15) is 14.0 Å². The number of hydrogen-bond donors (Lipinski definition) is 2. The number of para-hydroxylation sites is 1. The molecule has 2 amide bonds. The first kappa shape index (κ1) is 38.8. The lowest BCUT2D eigenvalue weighted by molar-refractivity contribution is -0.138. The second kappa shape index (κ2) is 17.5. The van der Waals surface area contributed by atoms with Crippen LogP contribution < -0.4 is 25.0 Å². The fraction of sp³-hybridized carbons (Fsp3) is 0.318. The van der Waals surface area contributed by atoms with Gasteiger partial charge in [0.1, 0.15) is 18.0 Å². The van der Waals surface area contributed by atoms with E-state index in [1.165, 1.54) is 22.4 Å². The molecule has 0 radical (unpaired) electrons. The Hall–Kier alpha value is -4.96. The van der Waals surface area contributed by atoms with Crippen molar-refractivity contribution in [3.63, 3.8) is 0 Å². The molecule has 10 heteroatoms. The van der Waals surface area contributed by atoms with Gasteiger partial charge in [-0.05, 0) is 71.1 Å². The molecule has 5 aromatic carbocycles. The number of hydrogen-bond acceptors (Lipinski definition) is 6. The fourth-order valence-electron chi connectivity index (χ4n) is 6.69. The summed E-state index contributed by atoms with van der Waals surface area (Å²) in [5, 5.41) is 9.17. The number of benzene rings is 5. The first-order chi connectivity index (χ1) is 26.0. The quantitative estimate of drug-likeness (QED) is 0.110. The maximum absolute atomic E-state index is 14.4. The van der Waals surface area contributed by atoms with Crippen LogP contribution >= 0.6 is 11.6 Å². The number of nitrogens with one attached hydrogen (secondary N) is 2. The Balaban J connectivity index is 1.21. The highest BCUT2D eigenvalue weighted by Crippen LogP contribution is 2.45. The summed E-state index contributed by atoms with van der Waals surface area (Å²) in [7, 11) is 1.57. The van der Waals surface area contributed by atoms with Gasteiger partial charge in [-0.3, -0.25) is 9.59 Å². The second-order valence-corrected chi connectivity index (χ2v) is 15.1. The van der Waals surface area contributed by atoms with Crippen LogP contribution in [0.5, 0.6) is 11.5 Å². The van der Waals surface area contributed by atoms with Gasteiger partial charge in [-0.1, -0.05) is 99.1 Å². The minimum Gasteiger partial charge on any atom is -0.492 e. The molecule has 5 aromatic rings. The van der Waals surface area contributed by atoms with Crippen LogP contribution in [-0.4, -0.2) is 44.7 Å². The molecule has 0 saturated carbocycles. The molecule has 0 saturated heterocycles. The van der Waals surface area contributed by atoms with Crippen molar-refractivity contribution in [2.24, 2.45) is 5.41 Å². The third kappa shape index (κ3) is 9.58. The lowest BCUT2D eigenvalue weighted by atomic mass is 9.94. The Labute approximate surface area is 321 Å². The predicted molar refractivity (Wildman–Crippen MR) is 212 cm³/mol. The zero-order valence-corrected chi connectivity index (χ0v) is 31.9. The number of anilines is 1. The number of methoxy groups -OCH3 is 1. The van der Waals surface area contributed by atoms with Gasteiger partial charge in [0.05, 0.1) is 20.1 Å². The van der Waals surface area contributed by atoms with Crippen LogP contribution in [0, 0.1) is 11.2 Å². The van der Waals surface area contributed by atoms with E-state index < -0.39 is 23.9 Å². The third-order valence-corrected chi connectivity index (χ3v) is 9.47. The van der Waals surface area contributed by atoms with Gasteiger partial charge in [0.15, 0.2) is 11.5 Å². The first-order valence-electron chi connectivity index (χ1n) is 18.3. The van der Waals surface area contributed by atoms with E-state index in [1.54, 1.807) is 42.3 Å². The molecule has 1 aliphatic rings. The topological polar surface area (TPSA) is 89.1 Å². The van der Waals surface area contributed by atoms with Crippen LogP contribution in [-0.2, 0) is 27.4 Å². The zero-order valence-electron chi connectivity index (χ0n) is 31.2. The third-order valence-electron chi connectivity index (χ3n) is 9.24. The van der Waals surface area contributed by atoms with Crippen LogP contribution in [0.1, 0.15) is 62.0 Å². The van der Waals surface area contributed by atoms with Crippen LogP contribution in [0.25, 0.3) is 10.8 Å². The molecule has 2 N–H and O–H groups in total. The minimum absolute atomic E-state index is 0.0243. The Morgan fingerprint density at radius 1 is 0.907 bits per heavy atom. The number of rotatable bonds is 14. The largest absolute Gasteiger partial charge is 0.492 e. The van der Waals surface area contributed by atoms with Gasteiger partial charge in [-0.25, -0.2) is 4.39 Å². The number of carbonyl (C=O) groups is 2. The molecule has 0 fully saturated rings. The van der Waals surface area contributed by atoms with Crippen molar-refractivity contribution < 1.29 is 28.2 Å². The van der Waals surface area contributed by atoms with E-state index in [1.807, 2.05) is 57.2 Å². The minimum atomic E-state index is -1.17. The normalized spacial score (nSPS) is 15.8. The summed E-state index contributed by atoms with van der Waals surface area (Å²) in [6.45, 7) is 8.38. The number of amides is 2. The molecule has 1 aliphatic heterocycles.